The van der Waals surface area contributed by atoms with Gasteiger partial charge in [-0.2, -0.15) is 21.6 Å². The maximum Gasteiger partial charge on any atom is 0.523 e. The highest BCUT2D eigenvalue weighted by Gasteiger charge is 2.58. The van der Waals surface area contributed by atoms with Gasteiger partial charge in [-0.25, -0.2) is 0 Å². The maximum absolute atomic E-state index is 13.3. The molecule has 2 saturated heterocycles. The number of alkyl halides is 3. The molecule has 37 heavy (non-hydrogen) atoms. The van der Waals surface area contributed by atoms with Gasteiger partial charge in [-0.15, -0.1) is 0 Å². The number of methoxy groups -OCH3 is 1. The number of fused-ring (bicyclic) bond motifs is 1. The van der Waals surface area contributed by atoms with Crippen molar-refractivity contribution in [1.29, 1.82) is 0 Å². The number of hydrogen-bond donors (Lipinski definition) is 0. The summed E-state index contributed by atoms with van der Waals surface area (Å²) in [7, 11) is -4.62. The van der Waals surface area contributed by atoms with Crippen molar-refractivity contribution in [2.75, 3.05) is 13.7 Å². The maximum atomic E-state index is 13.3. The molecule has 2 aliphatic heterocycles. The van der Waals surface area contributed by atoms with Gasteiger partial charge in [0.15, 0.2) is 12.4 Å². The van der Waals surface area contributed by atoms with Crippen molar-refractivity contribution < 1.29 is 54.3 Å². The van der Waals surface area contributed by atoms with Crippen LogP contribution in [0.15, 0.2) is 59.5 Å². The molecule has 14 heteroatoms. The van der Waals surface area contributed by atoms with Gasteiger partial charge >= 0.3 is 21.6 Å². The molecule has 0 radical (unpaired) electrons. The molecule has 0 aromatic heterocycles. The number of halogens is 3. The minimum atomic E-state index is -6.10. The van der Waals surface area contributed by atoms with Crippen LogP contribution in [-0.4, -0.2) is 63.5 Å². The third kappa shape index (κ3) is 6.38. The van der Waals surface area contributed by atoms with Crippen LogP contribution in [0.3, 0.4) is 0 Å². The predicted molar refractivity (Wildman–Crippen MR) is 123 cm³/mol. The summed E-state index contributed by atoms with van der Waals surface area (Å²) < 4.78 is 96.9. The molecular weight excluding hydrogens is 541 g/mol. The molecule has 2 fully saturated rings. The Morgan fingerprint density at radius 2 is 1.70 bits per heavy atom. The van der Waals surface area contributed by atoms with E-state index in [1.54, 1.807) is 54.6 Å². The molecule has 1 unspecified atom stereocenters. The first-order valence-corrected chi connectivity index (χ1v) is 13.2. The monoisotopic (exact) mass is 564 g/mol. The molecule has 2 aliphatic rings. The largest absolute Gasteiger partial charge is 0.523 e. The van der Waals surface area contributed by atoms with E-state index in [1.165, 1.54) is 7.11 Å². The van der Waals surface area contributed by atoms with Gasteiger partial charge in [0.25, 0.3) is 0 Å². The summed E-state index contributed by atoms with van der Waals surface area (Å²) in [5.41, 5.74) is -6.36. The van der Waals surface area contributed by atoms with E-state index in [4.69, 9.17) is 27.9 Å². The molecule has 0 saturated carbocycles. The molecule has 2 aromatic rings. The average Bonchev–Trinajstić information content (AvgIpc) is 2.85. The number of rotatable bonds is 7. The standard InChI is InChI=1S/C23H23F3O9S2/c1-13(27)32-20-19(35-37(28,29)23(24,25)26)18-17(33-22(20)36-16-6-4-3-5-7-16)12-31-21(34-18)14-8-10-15(30-2)11-9-14/h3-11,17-22H,12H2,1-2H3/t17-,18+,19+,20-,21?,22+/m1/s1. The normalized spacial score (nSPS) is 28.2. The van der Waals surface area contributed by atoms with Crippen molar-refractivity contribution in [3.8, 4) is 5.75 Å². The van der Waals surface area contributed by atoms with E-state index in [2.05, 4.69) is 0 Å². The van der Waals surface area contributed by atoms with Gasteiger partial charge in [-0.3, -0.25) is 8.98 Å². The lowest BCUT2D eigenvalue weighted by Gasteiger charge is -2.48. The van der Waals surface area contributed by atoms with Gasteiger partial charge in [0.05, 0.1) is 13.7 Å². The van der Waals surface area contributed by atoms with E-state index in [0.29, 0.717) is 16.2 Å². The molecule has 0 bridgehead atoms. The van der Waals surface area contributed by atoms with Crippen molar-refractivity contribution >= 4 is 27.8 Å². The molecule has 2 aromatic carbocycles. The second-order valence-electron chi connectivity index (χ2n) is 8.05. The average molecular weight is 565 g/mol. The highest BCUT2D eigenvalue weighted by molar-refractivity contribution is 7.99. The molecule has 0 amide bonds. The van der Waals surface area contributed by atoms with E-state index in [9.17, 15) is 26.4 Å². The van der Waals surface area contributed by atoms with Gasteiger partial charge in [0.2, 0.25) is 0 Å². The molecule has 0 spiro atoms. The minimum absolute atomic E-state index is 0.161. The van der Waals surface area contributed by atoms with E-state index < -0.39 is 57.7 Å². The Morgan fingerprint density at radius 3 is 2.30 bits per heavy atom. The summed E-state index contributed by atoms with van der Waals surface area (Å²) in [6, 6.07) is 15.1. The van der Waals surface area contributed by atoms with E-state index >= 15 is 0 Å². The number of carbonyl (C=O) groups excluding carboxylic acids is 1. The fourth-order valence-electron chi connectivity index (χ4n) is 3.83. The molecule has 2 heterocycles. The van der Waals surface area contributed by atoms with Crippen LogP contribution in [0.2, 0.25) is 0 Å². The lowest BCUT2D eigenvalue weighted by Crippen LogP contribution is -2.63. The summed E-state index contributed by atoms with van der Waals surface area (Å²) in [6.07, 6.45) is -6.98. The van der Waals surface area contributed by atoms with Gasteiger partial charge in [-0.05, 0) is 24.3 Å². The third-order valence-electron chi connectivity index (χ3n) is 5.49. The number of esters is 1. The lowest BCUT2D eigenvalue weighted by atomic mass is 9.98. The van der Waals surface area contributed by atoms with Crippen LogP contribution < -0.4 is 4.74 Å². The zero-order valence-electron chi connectivity index (χ0n) is 19.5. The van der Waals surface area contributed by atoms with Gasteiger partial charge in [0, 0.05) is 17.4 Å². The second kappa shape index (κ2) is 11.2. The van der Waals surface area contributed by atoms with Crippen molar-refractivity contribution in [3.05, 3.63) is 60.2 Å². The van der Waals surface area contributed by atoms with Crippen molar-refractivity contribution in [2.45, 2.75) is 53.5 Å². The Kier molecular flexibility index (Phi) is 8.35. The topological polar surface area (TPSA) is 107 Å². The smallest absolute Gasteiger partial charge is 0.497 e. The zero-order valence-corrected chi connectivity index (χ0v) is 21.1. The number of carbonyl (C=O) groups is 1. The van der Waals surface area contributed by atoms with E-state index in [-0.39, 0.29) is 6.61 Å². The van der Waals surface area contributed by atoms with Crippen molar-refractivity contribution in [2.24, 2.45) is 0 Å². The Hall–Kier alpha value is -2.36. The lowest BCUT2D eigenvalue weighted by molar-refractivity contribution is -0.316. The van der Waals surface area contributed by atoms with Gasteiger partial charge in [0.1, 0.15) is 29.5 Å². The SMILES string of the molecule is COc1ccc(C2OC[C@H]3O[C@@H](Sc4ccccc4)[C@H](OC(C)=O)[C@@H](OS(=O)(=O)C(F)(F)F)[C@H]3O2)cc1. The second-order valence-corrected chi connectivity index (χ2v) is 10.8. The Balaban J connectivity index is 1.69. The highest BCUT2D eigenvalue weighted by Crippen LogP contribution is 2.42. The molecule has 4 rings (SSSR count). The highest BCUT2D eigenvalue weighted by atomic mass is 32.2. The fraction of sp³-hybridized carbons (Fsp3) is 0.435. The number of hydrogen-bond acceptors (Lipinski definition) is 10. The molecular formula is C23H23F3O9S2. The number of ether oxygens (including phenoxy) is 5. The molecule has 0 aliphatic carbocycles. The van der Waals surface area contributed by atoms with E-state index in [1.807, 2.05) is 0 Å². The molecule has 202 valence electrons. The first-order valence-electron chi connectivity index (χ1n) is 10.9. The van der Waals surface area contributed by atoms with Crippen LogP contribution in [-0.2, 0) is 38.0 Å². The quantitative estimate of drug-likeness (QED) is 0.280. The summed E-state index contributed by atoms with van der Waals surface area (Å²) in [4.78, 5) is 12.6. The summed E-state index contributed by atoms with van der Waals surface area (Å²) in [5.74, 6) is -0.325. The molecule has 6 atom stereocenters. The van der Waals surface area contributed by atoms with Crippen LogP contribution in [0.1, 0.15) is 18.8 Å². The first-order chi connectivity index (χ1) is 17.5. The van der Waals surface area contributed by atoms with Crippen molar-refractivity contribution in [3.63, 3.8) is 0 Å². The van der Waals surface area contributed by atoms with E-state index in [0.717, 1.165) is 18.7 Å². The van der Waals surface area contributed by atoms with Crippen LogP contribution in [0.5, 0.6) is 5.75 Å². The van der Waals surface area contributed by atoms with Crippen LogP contribution >= 0.6 is 11.8 Å². The molecule has 9 nitrogen and oxygen atoms in total. The Bertz CT molecular complexity index is 1180. The summed E-state index contributed by atoms with van der Waals surface area (Å²) in [6.45, 7) is 0.878. The van der Waals surface area contributed by atoms with Crippen LogP contribution in [0.4, 0.5) is 13.2 Å². The Labute approximate surface area is 215 Å². The number of benzene rings is 2. The van der Waals surface area contributed by atoms with Crippen LogP contribution in [0, 0.1) is 0 Å². The zero-order chi connectivity index (χ0) is 26.8. The van der Waals surface area contributed by atoms with Crippen molar-refractivity contribution in [1.82, 2.24) is 0 Å². The summed E-state index contributed by atoms with van der Waals surface area (Å²) in [5, 5.41) is 0. The number of thioether (sulfide) groups is 1. The van der Waals surface area contributed by atoms with Crippen LogP contribution in [0.25, 0.3) is 0 Å². The first kappa shape index (κ1) is 27.7. The summed E-state index contributed by atoms with van der Waals surface area (Å²) >= 11 is 1.03. The Morgan fingerprint density at radius 1 is 1.03 bits per heavy atom. The minimum Gasteiger partial charge on any atom is -0.497 e. The fourth-order valence-corrected chi connectivity index (χ4v) is 5.58. The molecule has 0 N–H and O–H groups in total. The predicted octanol–water partition coefficient (Wildman–Crippen LogP) is 3.79. The van der Waals surface area contributed by atoms with Gasteiger partial charge in [-0.1, -0.05) is 42.1 Å². The third-order valence-corrected chi connectivity index (χ3v) is 7.69. The van der Waals surface area contributed by atoms with Gasteiger partial charge < -0.3 is 23.7 Å².